The highest BCUT2D eigenvalue weighted by Gasteiger charge is 2.30. The SMILES string of the molecule is CC(=O)[C@H]1CC[C@@H]([C@@H](C)CCC(C)C)C1. The van der Waals surface area contributed by atoms with Crippen LogP contribution < -0.4 is 0 Å². The van der Waals surface area contributed by atoms with Crippen LogP contribution in [0.3, 0.4) is 0 Å². The molecular weight excluding hydrogens is 184 g/mol. The Kier molecular flexibility index (Phi) is 4.82. The molecule has 0 unspecified atom stereocenters. The van der Waals surface area contributed by atoms with E-state index in [1.165, 1.54) is 19.3 Å². The average Bonchev–Trinajstić information content (AvgIpc) is 2.62. The van der Waals surface area contributed by atoms with Crippen molar-refractivity contribution >= 4 is 5.78 Å². The van der Waals surface area contributed by atoms with Gasteiger partial charge in [0.1, 0.15) is 5.78 Å². The van der Waals surface area contributed by atoms with Crippen molar-refractivity contribution < 1.29 is 4.79 Å². The normalized spacial score (nSPS) is 28.3. The molecule has 0 bridgehead atoms. The second-order valence-electron chi connectivity index (χ2n) is 5.83. The molecule has 0 amide bonds. The lowest BCUT2D eigenvalue weighted by atomic mass is 9.86. The number of ketones is 1. The van der Waals surface area contributed by atoms with Gasteiger partial charge in [-0.3, -0.25) is 4.79 Å². The smallest absolute Gasteiger partial charge is 0.132 e. The van der Waals surface area contributed by atoms with Crippen molar-refractivity contribution in [3.8, 4) is 0 Å². The van der Waals surface area contributed by atoms with Gasteiger partial charge >= 0.3 is 0 Å². The van der Waals surface area contributed by atoms with Crippen LogP contribution in [-0.2, 0) is 4.79 Å². The number of hydrogen-bond donors (Lipinski definition) is 0. The zero-order chi connectivity index (χ0) is 11.4. The first-order chi connectivity index (χ1) is 7.00. The lowest BCUT2D eigenvalue weighted by molar-refractivity contribution is -0.120. The molecule has 15 heavy (non-hydrogen) atoms. The molecule has 88 valence electrons. The average molecular weight is 210 g/mol. The maximum absolute atomic E-state index is 11.3. The summed E-state index contributed by atoms with van der Waals surface area (Å²) in [6.45, 7) is 8.71. The third-order valence-electron chi connectivity index (χ3n) is 4.05. The summed E-state index contributed by atoms with van der Waals surface area (Å²) in [6, 6.07) is 0. The molecule has 1 nitrogen and oxygen atoms in total. The van der Waals surface area contributed by atoms with E-state index in [0.717, 1.165) is 30.6 Å². The molecule has 1 rings (SSSR count). The predicted octanol–water partition coefficient (Wildman–Crippen LogP) is 4.06. The number of hydrogen-bond acceptors (Lipinski definition) is 1. The van der Waals surface area contributed by atoms with Gasteiger partial charge in [0.25, 0.3) is 0 Å². The Morgan fingerprint density at radius 1 is 1.20 bits per heavy atom. The molecule has 0 aromatic carbocycles. The monoisotopic (exact) mass is 210 g/mol. The van der Waals surface area contributed by atoms with Crippen molar-refractivity contribution in [2.75, 3.05) is 0 Å². The molecular formula is C14H26O. The maximum Gasteiger partial charge on any atom is 0.132 e. The Morgan fingerprint density at radius 2 is 1.87 bits per heavy atom. The largest absolute Gasteiger partial charge is 0.300 e. The third-order valence-corrected chi connectivity index (χ3v) is 4.05. The van der Waals surface area contributed by atoms with Gasteiger partial charge in [0, 0.05) is 5.92 Å². The predicted molar refractivity (Wildman–Crippen MR) is 64.7 cm³/mol. The Labute approximate surface area is 94.6 Å². The summed E-state index contributed by atoms with van der Waals surface area (Å²) >= 11 is 0. The minimum Gasteiger partial charge on any atom is -0.300 e. The Hall–Kier alpha value is -0.330. The van der Waals surface area contributed by atoms with Gasteiger partial charge in [0.05, 0.1) is 0 Å². The van der Waals surface area contributed by atoms with E-state index < -0.39 is 0 Å². The van der Waals surface area contributed by atoms with Crippen LogP contribution in [0.1, 0.15) is 59.8 Å². The van der Waals surface area contributed by atoms with Gasteiger partial charge in [0.15, 0.2) is 0 Å². The highest BCUT2D eigenvalue weighted by Crippen LogP contribution is 2.38. The van der Waals surface area contributed by atoms with Crippen LogP contribution in [0.25, 0.3) is 0 Å². The summed E-state index contributed by atoms with van der Waals surface area (Å²) in [5, 5.41) is 0. The Balaban J connectivity index is 2.30. The quantitative estimate of drug-likeness (QED) is 0.668. The molecule has 0 heterocycles. The summed E-state index contributed by atoms with van der Waals surface area (Å²) in [7, 11) is 0. The standard InChI is InChI=1S/C14H26O/c1-10(2)5-6-11(3)13-7-8-14(9-13)12(4)15/h10-11,13-14H,5-9H2,1-4H3/t11-,13+,14-/m0/s1. The van der Waals surface area contributed by atoms with Gasteiger partial charge in [-0.2, -0.15) is 0 Å². The zero-order valence-corrected chi connectivity index (χ0v) is 10.8. The zero-order valence-electron chi connectivity index (χ0n) is 10.8. The molecule has 0 saturated heterocycles. The van der Waals surface area contributed by atoms with Crippen molar-refractivity contribution in [1.29, 1.82) is 0 Å². The van der Waals surface area contributed by atoms with Gasteiger partial charge in [-0.15, -0.1) is 0 Å². The molecule has 1 aliphatic rings. The van der Waals surface area contributed by atoms with Crippen molar-refractivity contribution in [3.05, 3.63) is 0 Å². The first-order valence-corrected chi connectivity index (χ1v) is 6.51. The van der Waals surface area contributed by atoms with Gasteiger partial charge in [-0.25, -0.2) is 0 Å². The van der Waals surface area contributed by atoms with E-state index in [2.05, 4.69) is 20.8 Å². The molecule has 1 fully saturated rings. The number of Topliss-reactive ketones (excluding diaryl/α,β-unsaturated/α-hetero) is 1. The number of rotatable bonds is 5. The van der Waals surface area contributed by atoms with Crippen LogP contribution >= 0.6 is 0 Å². The second-order valence-corrected chi connectivity index (χ2v) is 5.83. The van der Waals surface area contributed by atoms with Gasteiger partial charge < -0.3 is 0 Å². The van der Waals surface area contributed by atoms with Crippen LogP contribution in [0, 0.1) is 23.7 Å². The molecule has 0 radical (unpaired) electrons. The van der Waals surface area contributed by atoms with E-state index in [9.17, 15) is 4.79 Å². The first kappa shape index (κ1) is 12.7. The van der Waals surface area contributed by atoms with E-state index in [1.807, 2.05) is 0 Å². The molecule has 0 spiro atoms. The Morgan fingerprint density at radius 3 is 2.33 bits per heavy atom. The summed E-state index contributed by atoms with van der Waals surface area (Å²) in [5.41, 5.74) is 0. The summed E-state index contributed by atoms with van der Waals surface area (Å²) in [6.07, 6.45) is 6.26. The van der Waals surface area contributed by atoms with Crippen molar-refractivity contribution in [3.63, 3.8) is 0 Å². The van der Waals surface area contributed by atoms with Gasteiger partial charge in [-0.05, 0) is 43.9 Å². The molecule has 0 aromatic heterocycles. The van der Waals surface area contributed by atoms with Crippen molar-refractivity contribution in [2.24, 2.45) is 23.7 Å². The highest BCUT2D eigenvalue weighted by atomic mass is 16.1. The van der Waals surface area contributed by atoms with Crippen molar-refractivity contribution in [1.82, 2.24) is 0 Å². The lowest BCUT2D eigenvalue weighted by Crippen LogP contribution is -2.12. The summed E-state index contributed by atoms with van der Waals surface area (Å²) < 4.78 is 0. The highest BCUT2D eigenvalue weighted by molar-refractivity contribution is 5.78. The molecule has 0 N–H and O–H groups in total. The van der Waals surface area contributed by atoms with Gasteiger partial charge in [0.2, 0.25) is 0 Å². The van der Waals surface area contributed by atoms with Crippen LogP contribution in [0.2, 0.25) is 0 Å². The fourth-order valence-corrected chi connectivity index (χ4v) is 2.73. The molecule has 1 saturated carbocycles. The molecule has 0 aromatic rings. The lowest BCUT2D eigenvalue weighted by Gasteiger charge is -2.20. The summed E-state index contributed by atoms with van der Waals surface area (Å²) in [5.74, 6) is 3.25. The number of carbonyl (C=O) groups excluding carboxylic acids is 1. The number of carbonyl (C=O) groups is 1. The molecule has 0 aliphatic heterocycles. The van der Waals surface area contributed by atoms with Gasteiger partial charge in [-0.1, -0.05) is 33.6 Å². The van der Waals surface area contributed by atoms with Crippen LogP contribution in [0.15, 0.2) is 0 Å². The van der Waals surface area contributed by atoms with E-state index in [1.54, 1.807) is 6.92 Å². The van der Waals surface area contributed by atoms with Crippen LogP contribution in [-0.4, -0.2) is 5.78 Å². The molecule has 1 heteroatoms. The maximum atomic E-state index is 11.3. The topological polar surface area (TPSA) is 17.1 Å². The minimum absolute atomic E-state index is 0.386. The van der Waals surface area contributed by atoms with E-state index >= 15 is 0 Å². The molecule has 1 aliphatic carbocycles. The van der Waals surface area contributed by atoms with Crippen LogP contribution in [0.5, 0.6) is 0 Å². The fourth-order valence-electron chi connectivity index (χ4n) is 2.73. The van der Waals surface area contributed by atoms with Crippen LogP contribution in [0.4, 0.5) is 0 Å². The minimum atomic E-state index is 0.386. The first-order valence-electron chi connectivity index (χ1n) is 6.51. The second kappa shape index (κ2) is 5.67. The molecule has 3 atom stereocenters. The van der Waals surface area contributed by atoms with E-state index in [-0.39, 0.29) is 0 Å². The fraction of sp³-hybridized carbons (Fsp3) is 0.929. The summed E-state index contributed by atoms with van der Waals surface area (Å²) in [4.78, 5) is 11.3. The van der Waals surface area contributed by atoms with Crippen molar-refractivity contribution in [2.45, 2.75) is 59.8 Å². The third kappa shape index (κ3) is 3.96. The van der Waals surface area contributed by atoms with E-state index in [0.29, 0.717) is 11.7 Å². The Bertz CT molecular complexity index is 207. The van der Waals surface area contributed by atoms with E-state index in [4.69, 9.17) is 0 Å².